The van der Waals surface area contributed by atoms with E-state index in [1.807, 2.05) is 0 Å². The Kier molecular flexibility index (Phi) is 70.5. The van der Waals surface area contributed by atoms with Crippen molar-refractivity contribution >= 4 is 18.5 Å². The van der Waals surface area contributed by atoms with Gasteiger partial charge in [0.15, 0.2) is 0 Å². The molecule has 82 valence electrons. The van der Waals surface area contributed by atoms with Gasteiger partial charge in [0, 0.05) is 0 Å². The molecule has 0 spiro atoms. The van der Waals surface area contributed by atoms with Crippen LogP contribution in [0.3, 0.4) is 0 Å². The summed E-state index contributed by atoms with van der Waals surface area (Å²) in [5.41, 5.74) is 0. The standard InChI is InChI=1S/3CH2O3.2Nd.H2O/c3*2-1(3)4;;;/h3*(H2,2,3,4);;;1H2/q;;;2*+3;/p-6. The Morgan fingerprint density at radius 2 is 0.533 bits per heavy atom. The Balaban J connectivity index is -0.0000000184. The second-order valence-corrected chi connectivity index (χ2v) is 0.750. The largest absolute Gasteiger partial charge is 3.00 e. The fourth-order valence-corrected chi connectivity index (χ4v) is 0. The predicted molar refractivity (Wildman–Crippen MR) is 19.8 cm³/mol. The number of rotatable bonds is 0. The molecule has 0 aliphatic rings. The summed E-state index contributed by atoms with van der Waals surface area (Å²) < 4.78 is 0. The molecule has 2 N–H and O–H groups in total. The first kappa shape index (κ1) is 36.1. The van der Waals surface area contributed by atoms with Gasteiger partial charge in [0.25, 0.3) is 0 Å². The maximum atomic E-state index is 8.33. The van der Waals surface area contributed by atoms with Crippen LogP contribution in [0.4, 0.5) is 14.4 Å². The first-order valence-corrected chi connectivity index (χ1v) is 1.84. The molecule has 12 heteroatoms. The van der Waals surface area contributed by atoms with Gasteiger partial charge >= 0.3 is 81.7 Å². The molecule has 0 aromatic rings. The molecule has 0 aliphatic heterocycles. The van der Waals surface area contributed by atoms with Crippen molar-refractivity contribution in [1.82, 2.24) is 0 Å². The fourth-order valence-electron chi connectivity index (χ4n) is 0. The molecular formula is C3H2Nd2O10. The minimum absolute atomic E-state index is 0. The van der Waals surface area contributed by atoms with Gasteiger partial charge in [-0.3, -0.25) is 0 Å². The van der Waals surface area contributed by atoms with E-state index in [0.717, 1.165) is 0 Å². The number of hydrogen-bond donors (Lipinski definition) is 0. The summed E-state index contributed by atoms with van der Waals surface area (Å²) in [5.74, 6) is 0. The quantitative estimate of drug-likeness (QED) is 0.316. The van der Waals surface area contributed by atoms with Gasteiger partial charge in [-0.2, -0.15) is 0 Å². The molecular weight excluding hydrogens is 485 g/mol. The van der Waals surface area contributed by atoms with E-state index in [-0.39, 0.29) is 87.2 Å². The van der Waals surface area contributed by atoms with Gasteiger partial charge in [-0.05, 0) is 18.5 Å². The van der Waals surface area contributed by atoms with Crippen LogP contribution < -0.4 is 30.6 Å². The van der Waals surface area contributed by atoms with Gasteiger partial charge in [0.1, 0.15) is 0 Å². The summed E-state index contributed by atoms with van der Waals surface area (Å²) >= 11 is 0. The van der Waals surface area contributed by atoms with Crippen LogP contribution in [-0.4, -0.2) is 23.9 Å². The van der Waals surface area contributed by atoms with Crippen molar-refractivity contribution in [3.8, 4) is 0 Å². The van der Waals surface area contributed by atoms with Gasteiger partial charge in [-0.15, -0.1) is 0 Å². The maximum Gasteiger partial charge on any atom is 3.00 e. The molecule has 0 aromatic heterocycles. The first-order valence-electron chi connectivity index (χ1n) is 1.84. The Morgan fingerprint density at radius 3 is 0.533 bits per heavy atom. The third-order valence-corrected chi connectivity index (χ3v) is 0. The van der Waals surface area contributed by atoms with E-state index in [4.69, 9.17) is 45.0 Å². The zero-order valence-corrected chi connectivity index (χ0v) is 13.1. The second kappa shape index (κ2) is 29.3. The third-order valence-electron chi connectivity index (χ3n) is 0. The summed E-state index contributed by atoms with van der Waals surface area (Å²) in [6.45, 7) is 0. The van der Waals surface area contributed by atoms with E-state index in [9.17, 15) is 0 Å². The van der Waals surface area contributed by atoms with Crippen LogP contribution >= 0.6 is 0 Å². The van der Waals surface area contributed by atoms with Crippen LogP contribution in [-0.2, 0) is 0 Å². The molecule has 0 amide bonds. The van der Waals surface area contributed by atoms with Crippen LogP contribution in [0.5, 0.6) is 0 Å². The Hall–Kier alpha value is 0.471. The molecule has 10 nitrogen and oxygen atoms in total. The number of hydrogen-bond acceptors (Lipinski definition) is 9. The van der Waals surface area contributed by atoms with Gasteiger partial charge in [0.2, 0.25) is 0 Å². The molecule has 0 saturated carbocycles. The summed E-state index contributed by atoms with van der Waals surface area (Å²) in [6, 6.07) is 0. The van der Waals surface area contributed by atoms with Crippen molar-refractivity contribution in [3.63, 3.8) is 0 Å². The first-order chi connectivity index (χ1) is 5.20. The molecule has 2 radical (unpaired) electrons. The summed E-state index contributed by atoms with van der Waals surface area (Å²) in [7, 11) is 0. The van der Waals surface area contributed by atoms with Gasteiger partial charge in [0.05, 0.1) is 0 Å². The zero-order valence-electron chi connectivity index (χ0n) is 6.67. The molecule has 0 bridgehead atoms. The SMILES string of the molecule is O.O=C([O-])[O-].O=C([O-])[O-].O=C([O-])[O-].[Nd+3].[Nd+3]. The topological polar surface area (TPSA) is 221 Å². The van der Waals surface area contributed by atoms with Crippen molar-refractivity contribution in [2.45, 2.75) is 0 Å². The molecule has 0 saturated heterocycles. The Labute approximate surface area is 148 Å². The van der Waals surface area contributed by atoms with E-state index < -0.39 is 18.5 Å². The van der Waals surface area contributed by atoms with Crippen molar-refractivity contribution < 1.29 is 132 Å². The van der Waals surface area contributed by atoms with E-state index in [2.05, 4.69) is 0 Å². The third kappa shape index (κ3) is 10100. The van der Waals surface area contributed by atoms with E-state index in [1.165, 1.54) is 0 Å². The molecule has 0 unspecified atom stereocenters. The molecule has 0 aliphatic carbocycles. The van der Waals surface area contributed by atoms with Crippen LogP contribution in [0.2, 0.25) is 0 Å². The minimum atomic E-state index is -2.33. The minimum Gasteiger partial charge on any atom is -0.652 e. The van der Waals surface area contributed by atoms with Crippen LogP contribution in [0.25, 0.3) is 0 Å². The number of carbonyl (C=O) groups excluding carboxylic acids is 3. The number of carboxylic acid groups (broad SMARTS) is 6. The van der Waals surface area contributed by atoms with Crippen LogP contribution in [0, 0.1) is 81.7 Å². The van der Waals surface area contributed by atoms with E-state index >= 15 is 0 Å². The second-order valence-electron chi connectivity index (χ2n) is 0.750. The van der Waals surface area contributed by atoms with Crippen molar-refractivity contribution in [3.05, 3.63) is 0 Å². The smallest absolute Gasteiger partial charge is 0.652 e. The predicted octanol–water partition coefficient (Wildman–Crippen LogP) is -8.17. The zero-order chi connectivity index (χ0) is 10.7. The van der Waals surface area contributed by atoms with Gasteiger partial charge < -0.3 is 50.5 Å². The average Bonchev–Trinajstić information content (AvgIpc) is 1.54. The van der Waals surface area contributed by atoms with Crippen molar-refractivity contribution in [2.24, 2.45) is 0 Å². The Morgan fingerprint density at radius 1 is 0.533 bits per heavy atom. The molecule has 15 heavy (non-hydrogen) atoms. The van der Waals surface area contributed by atoms with Crippen LogP contribution in [0.15, 0.2) is 0 Å². The average molecular weight is 487 g/mol. The normalized spacial score (nSPS) is 4.80. The molecule has 0 rings (SSSR count). The van der Waals surface area contributed by atoms with Crippen molar-refractivity contribution in [2.75, 3.05) is 0 Å². The fraction of sp³-hybridized carbons (Fsp3) is 0. The van der Waals surface area contributed by atoms with Gasteiger partial charge in [-0.25, -0.2) is 0 Å². The van der Waals surface area contributed by atoms with E-state index in [1.54, 1.807) is 0 Å². The van der Waals surface area contributed by atoms with E-state index in [0.29, 0.717) is 0 Å². The molecule has 0 fully saturated rings. The maximum absolute atomic E-state index is 8.33. The molecule has 0 atom stereocenters. The Bertz CT molecular complexity index is 116. The molecule has 0 aromatic carbocycles. The summed E-state index contributed by atoms with van der Waals surface area (Å²) in [4.78, 5) is 25.0. The molecule has 0 heterocycles. The monoisotopic (exact) mass is 482 g/mol. The van der Waals surface area contributed by atoms with Crippen LogP contribution in [0.1, 0.15) is 0 Å². The summed E-state index contributed by atoms with van der Waals surface area (Å²) in [5, 5.41) is 50.0. The summed E-state index contributed by atoms with van der Waals surface area (Å²) in [6.07, 6.45) is -7.00. The van der Waals surface area contributed by atoms with Crippen molar-refractivity contribution in [1.29, 1.82) is 0 Å². The number of carbonyl (C=O) groups is 3. The van der Waals surface area contributed by atoms with Gasteiger partial charge in [-0.1, -0.05) is 0 Å².